The molecule has 0 aromatic heterocycles. The van der Waals surface area contributed by atoms with Gasteiger partial charge < -0.3 is 20.4 Å². The van der Waals surface area contributed by atoms with Crippen molar-refractivity contribution in [2.24, 2.45) is 0 Å². The third-order valence-corrected chi connectivity index (χ3v) is 5.62. The minimum Gasteiger partial charge on any atom is -0.337 e. The van der Waals surface area contributed by atoms with Crippen LogP contribution in [0, 0.1) is 0 Å². The zero-order chi connectivity index (χ0) is 22.8. The molecule has 0 saturated carbocycles. The number of rotatable bonds is 11. The van der Waals surface area contributed by atoms with Crippen molar-refractivity contribution >= 4 is 46.4 Å². The van der Waals surface area contributed by atoms with E-state index in [1.54, 1.807) is 9.80 Å². The number of nitrogens with one attached hydrogen (secondary N) is 4. The molecule has 0 heterocycles. The molecule has 30 heavy (non-hydrogen) atoms. The summed E-state index contributed by atoms with van der Waals surface area (Å²) in [4.78, 5) is 50.1. The molecule has 0 atom stereocenters. The zero-order valence-corrected chi connectivity index (χ0v) is 20.0. The van der Waals surface area contributed by atoms with E-state index in [0.29, 0.717) is 39.3 Å². The number of carbonyl (C=O) groups excluding carboxylic acids is 4. The molecule has 0 aliphatic rings. The molecular weight excluding hydrogens is 428 g/mol. The van der Waals surface area contributed by atoms with Gasteiger partial charge in [-0.3, -0.25) is 19.0 Å². The van der Waals surface area contributed by atoms with Gasteiger partial charge >= 0.3 is 22.5 Å². The summed E-state index contributed by atoms with van der Waals surface area (Å²) in [5, 5.41) is 5.06. The average molecular weight is 465 g/mol. The van der Waals surface area contributed by atoms with Gasteiger partial charge in [0.1, 0.15) is 0 Å². The number of nitrogens with zero attached hydrogens (tertiary/aromatic N) is 2. The van der Waals surface area contributed by atoms with Crippen LogP contribution in [-0.2, 0) is 0 Å². The van der Waals surface area contributed by atoms with E-state index in [1.807, 2.05) is 27.7 Å². The number of hydrogen-bond donors (Lipinski definition) is 4. The summed E-state index contributed by atoms with van der Waals surface area (Å²) in [5.74, 6) is 0. The Morgan fingerprint density at radius 3 is 1.23 bits per heavy atom. The zero-order valence-electron chi connectivity index (χ0n) is 18.4. The minimum atomic E-state index is -0.379. The third kappa shape index (κ3) is 13.4. The molecule has 4 N–H and O–H groups in total. The van der Waals surface area contributed by atoms with E-state index in [2.05, 4.69) is 20.1 Å². The first-order chi connectivity index (χ1) is 14.4. The number of amides is 6. The molecule has 0 fully saturated rings. The Kier molecular flexibility index (Phi) is 16.9. The fourth-order valence-electron chi connectivity index (χ4n) is 2.35. The normalized spacial score (nSPS) is 10.1. The summed E-state index contributed by atoms with van der Waals surface area (Å²) in [6.45, 7) is 11.0. The van der Waals surface area contributed by atoms with Gasteiger partial charge in [0.25, 0.3) is 0 Å². The smallest absolute Gasteiger partial charge is 0.325 e. The first-order valence-electron chi connectivity index (χ1n) is 10.4. The topological polar surface area (TPSA) is 123 Å². The first-order valence-corrected chi connectivity index (χ1v) is 12.0. The Bertz CT molecular complexity index is 485. The van der Waals surface area contributed by atoms with Gasteiger partial charge in [0.2, 0.25) is 0 Å². The number of urea groups is 2. The molecule has 0 aliphatic heterocycles. The first kappa shape index (κ1) is 28.2. The molecule has 12 heteroatoms. The van der Waals surface area contributed by atoms with Gasteiger partial charge in [-0.25, -0.2) is 9.59 Å². The second kappa shape index (κ2) is 18.0. The molecule has 0 aromatic rings. The molecule has 10 nitrogen and oxygen atoms in total. The van der Waals surface area contributed by atoms with Crippen LogP contribution in [0.4, 0.5) is 19.2 Å². The van der Waals surface area contributed by atoms with E-state index in [-0.39, 0.29) is 22.5 Å². The highest BCUT2D eigenvalue weighted by molar-refractivity contribution is 8.12. The van der Waals surface area contributed by atoms with Crippen LogP contribution in [0.3, 0.4) is 0 Å². The molecule has 0 aromatic carbocycles. The lowest BCUT2D eigenvalue weighted by Gasteiger charge is -2.17. The molecule has 0 saturated heterocycles. The molecule has 174 valence electrons. The SMILES string of the molecule is CCN(CC)C(=O)SNC(=O)NCCCCCCNC(=O)NSC(=O)N(CC)CC. The number of carbonyl (C=O) groups is 4. The predicted octanol–water partition coefficient (Wildman–Crippen LogP) is 3.37. The maximum atomic E-state index is 11.8. The van der Waals surface area contributed by atoms with Crippen molar-refractivity contribution in [2.45, 2.75) is 53.4 Å². The highest BCUT2D eigenvalue weighted by Crippen LogP contribution is 2.05. The fourth-order valence-corrected chi connectivity index (χ4v) is 3.63. The Hall–Kier alpha value is -1.82. The van der Waals surface area contributed by atoms with Crippen molar-refractivity contribution in [3.63, 3.8) is 0 Å². The summed E-state index contributed by atoms with van der Waals surface area (Å²) in [7, 11) is 0. The molecule has 0 unspecified atom stereocenters. The summed E-state index contributed by atoms with van der Waals surface area (Å²) in [6, 6.07) is -0.758. The summed E-state index contributed by atoms with van der Waals surface area (Å²) < 4.78 is 4.96. The van der Waals surface area contributed by atoms with Gasteiger partial charge in [-0.1, -0.05) is 12.8 Å². The highest BCUT2D eigenvalue weighted by Gasteiger charge is 2.13. The van der Waals surface area contributed by atoms with E-state index < -0.39 is 0 Å². The standard InChI is InChI=1S/C18H36N6O4S2/c1-5-23(6-2)17(27)29-21-15(25)19-13-11-9-10-12-14-20-16(26)22-30-18(28)24(7-3)8-4/h5-14H2,1-4H3,(H2,19,21,25)(H2,20,22,26). The van der Waals surface area contributed by atoms with Crippen LogP contribution in [0.1, 0.15) is 53.4 Å². The van der Waals surface area contributed by atoms with E-state index in [4.69, 9.17) is 0 Å². The van der Waals surface area contributed by atoms with Crippen LogP contribution in [0.5, 0.6) is 0 Å². The van der Waals surface area contributed by atoms with Crippen LogP contribution in [-0.4, -0.2) is 71.6 Å². The van der Waals surface area contributed by atoms with Crippen LogP contribution in [0.25, 0.3) is 0 Å². The Morgan fingerprint density at radius 2 is 0.933 bits per heavy atom. The van der Waals surface area contributed by atoms with Crippen molar-refractivity contribution < 1.29 is 19.2 Å². The molecule has 0 spiro atoms. The molecule has 0 aliphatic carbocycles. The van der Waals surface area contributed by atoms with Gasteiger partial charge in [-0.15, -0.1) is 0 Å². The second-order valence-corrected chi connectivity index (χ2v) is 7.73. The third-order valence-electron chi connectivity index (χ3n) is 4.18. The summed E-state index contributed by atoms with van der Waals surface area (Å²) in [5.41, 5.74) is 0. The highest BCUT2D eigenvalue weighted by atomic mass is 32.2. The summed E-state index contributed by atoms with van der Waals surface area (Å²) >= 11 is 1.56. The van der Waals surface area contributed by atoms with Crippen molar-refractivity contribution in [1.29, 1.82) is 0 Å². The second-order valence-electron chi connectivity index (χ2n) is 6.21. The quantitative estimate of drug-likeness (QED) is 0.275. The number of unbranched alkanes of at least 4 members (excludes halogenated alkanes) is 3. The maximum absolute atomic E-state index is 11.8. The minimum absolute atomic E-state index is 0.178. The molecule has 0 bridgehead atoms. The van der Waals surface area contributed by atoms with Crippen molar-refractivity contribution in [2.75, 3.05) is 39.3 Å². The van der Waals surface area contributed by atoms with Gasteiger partial charge in [-0.2, -0.15) is 0 Å². The Labute approximate surface area is 188 Å². The maximum Gasteiger partial charge on any atom is 0.325 e. The van der Waals surface area contributed by atoms with Crippen LogP contribution in [0.15, 0.2) is 0 Å². The van der Waals surface area contributed by atoms with Crippen LogP contribution < -0.4 is 20.1 Å². The van der Waals surface area contributed by atoms with E-state index in [1.165, 1.54) is 0 Å². The van der Waals surface area contributed by atoms with Gasteiger partial charge in [0.15, 0.2) is 0 Å². The number of hydrogen-bond acceptors (Lipinski definition) is 6. The predicted molar refractivity (Wildman–Crippen MR) is 123 cm³/mol. The monoisotopic (exact) mass is 464 g/mol. The van der Waals surface area contributed by atoms with Gasteiger partial charge in [0, 0.05) is 39.3 Å². The molecular formula is C18H36N6O4S2. The average Bonchev–Trinajstić information content (AvgIpc) is 2.74. The largest absolute Gasteiger partial charge is 0.337 e. The van der Waals surface area contributed by atoms with Gasteiger partial charge in [0.05, 0.1) is 23.9 Å². The van der Waals surface area contributed by atoms with Crippen LogP contribution in [0.2, 0.25) is 0 Å². The molecule has 6 amide bonds. The van der Waals surface area contributed by atoms with Crippen molar-refractivity contribution in [3.05, 3.63) is 0 Å². The van der Waals surface area contributed by atoms with E-state index >= 15 is 0 Å². The molecule has 0 rings (SSSR count). The van der Waals surface area contributed by atoms with E-state index in [0.717, 1.165) is 49.6 Å². The lowest BCUT2D eigenvalue weighted by Crippen LogP contribution is -2.36. The Morgan fingerprint density at radius 1 is 0.600 bits per heavy atom. The van der Waals surface area contributed by atoms with Gasteiger partial charge in [-0.05, 0) is 40.5 Å². The lowest BCUT2D eigenvalue weighted by atomic mass is 10.2. The molecule has 0 radical (unpaired) electrons. The van der Waals surface area contributed by atoms with Crippen molar-refractivity contribution in [1.82, 2.24) is 29.9 Å². The summed E-state index contributed by atoms with van der Waals surface area (Å²) in [6.07, 6.45) is 3.43. The fraction of sp³-hybridized carbons (Fsp3) is 0.778. The van der Waals surface area contributed by atoms with Crippen LogP contribution >= 0.6 is 23.9 Å². The van der Waals surface area contributed by atoms with Crippen molar-refractivity contribution in [3.8, 4) is 0 Å². The lowest BCUT2D eigenvalue weighted by molar-refractivity contribution is 0.227. The Balaban J connectivity index is 3.63. The van der Waals surface area contributed by atoms with E-state index in [9.17, 15) is 19.2 Å².